The lowest BCUT2D eigenvalue weighted by Gasteiger charge is -2.03. The van der Waals surface area contributed by atoms with E-state index >= 15 is 0 Å². The van der Waals surface area contributed by atoms with Gasteiger partial charge in [-0.3, -0.25) is 9.78 Å². The van der Waals surface area contributed by atoms with Gasteiger partial charge in [-0.1, -0.05) is 12.2 Å². The van der Waals surface area contributed by atoms with Gasteiger partial charge in [-0.25, -0.2) is 4.98 Å². The lowest BCUT2D eigenvalue weighted by Crippen LogP contribution is -2.12. The Morgan fingerprint density at radius 1 is 1.50 bits per heavy atom. The molecule has 0 spiro atoms. The summed E-state index contributed by atoms with van der Waals surface area (Å²) in [6.07, 6.45) is 3.85. The lowest BCUT2D eigenvalue weighted by atomic mass is 10.2. The largest absolute Gasteiger partial charge is 0.466 e. The molecule has 0 aliphatic heterocycles. The second-order valence-corrected chi connectivity index (χ2v) is 4.42. The van der Waals surface area contributed by atoms with Gasteiger partial charge in [-0.05, 0) is 22.9 Å². The van der Waals surface area contributed by atoms with Crippen molar-refractivity contribution in [3.05, 3.63) is 22.7 Å². The molecule has 0 N–H and O–H groups in total. The molecule has 0 saturated carbocycles. The maximum atomic E-state index is 11.1. The zero-order valence-electron chi connectivity index (χ0n) is 8.77. The summed E-state index contributed by atoms with van der Waals surface area (Å²) in [6.45, 7) is 2.14. The normalized spacial score (nSPS) is 9.88. The smallest absolute Gasteiger partial charge is 0.310 e. The van der Waals surface area contributed by atoms with Crippen LogP contribution in [0.1, 0.15) is 19.0 Å². The van der Waals surface area contributed by atoms with Crippen molar-refractivity contribution in [1.29, 1.82) is 0 Å². The molecule has 1 rings (SSSR count). The maximum absolute atomic E-state index is 11.1. The van der Waals surface area contributed by atoms with Gasteiger partial charge < -0.3 is 4.74 Å². The van der Waals surface area contributed by atoms with Crippen molar-refractivity contribution in [2.75, 3.05) is 6.61 Å². The van der Waals surface area contributed by atoms with E-state index in [9.17, 15) is 4.79 Å². The number of thiocarbonyl (C=S) groups is 1. The number of esters is 1. The summed E-state index contributed by atoms with van der Waals surface area (Å²) >= 11 is 8.27. The van der Waals surface area contributed by atoms with E-state index in [1.54, 1.807) is 19.3 Å². The fourth-order valence-electron chi connectivity index (χ4n) is 1.07. The minimum absolute atomic E-state index is 0.154. The Kier molecular flexibility index (Phi) is 5.48. The van der Waals surface area contributed by atoms with E-state index in [-0.39, 0.29) is 12.4 Å². The second-order valence-electron chi connectivity index (χ2n) is 3.03. The Balaban J connectivity index is 2.45. The first kappa shape index (κ1) is 13.2. The minimum atomic E-state index is -0.294. The molecule has 0 radical (unpaired) electrons. The van der Waals surface area contributed by atoms with Crippen LogP contribution in [0.3, 0.4) is 0 Å². The molecule has 86 valence electrons. The van der Waals surface area contributed by atoms with Crippen molar-refractivity contribution in [1.82, 2.24) is 9.97 Å². The van der Waals surface area contributed by atoms with Crippen LogP contribution in [0.5, 0.6) is 0 Å². The van der Waals surface area contributed by atoms with E-state index in [1.807, 2.05) is 0 Å². The summed E-state index contributed by atoms with van der Waals surface area (Å²) in [5.41, 5.74) is 0.748. The van der Waals surface area contributed by atoms with Crippen LogP contribution in [0.4, 0.5) is 0 Å². The van der Waals surface area contributed by atoms with Crippen molar-refractivity contribution >= 4 is 39.0 Å². The van der Waals surface area contributed by atoms with Gasteiger partial charge in [0, 0.05) is 11.3 Å². The average Bonchev–Trinajstić information content (AvgIpc) is 2.21. The number of carbonyl (C=O) groups is 1. The van der Waals surface area contributed by atoms with Crippen LogP contribution in [0.25, 0.3) is 0 Å². The first-order valence-corrected chi connectivity index (χ1v) is 5.95. The molecule has 1 heterocycles. The van der Waals surface area contributed by atoms with Crippen molar-refractivity contribution in [2.45, 2.75) is 19.8 Å². The lowest BCUT2D eigenvalue weighted by molar-refractivity contribution is -0.141. The zero-order chi connectivity index (χ0) is 12.0. The monoisotopic (exact) mass is 302 g/mol. The van der Waals surface area contributed by atoms with Crippen molar-refractivity contribution in [3.8, 4) is 0 Å². The van der Waals surface area contributed by atoms with Crippen LogP contribution in [-0.4, -0.2) is 27.4 Å². The summed E-state index contributed by atoms with van der Waals surface area (Å²) < 4.78 is 5.47. The number of ether oxygens (including phenoxy) is 1. The van der Waals surface area contributed by atoms with Crippen LogP contribution in [0.2, 0.25) is 0 Å². The van der Waals surface area contributed by atoms with E-state index in [1.165, 1.54) is 0 Å². The number of halogens is 1. The van der Waals surface area contributed by atoms with Crippen molar-refractivity contribution < 1.29 is 9.53 Å². The zero-order valence-corrected chi connectivity index (χ0v) is 11.2. The molecule has 16 heavy (non-hydrogen) atoms. The highest BCUT2D eigenvalue weighted by atomic mass is 79.9. The minimum Gasteiger partial charge on any atom is -0.466 e. The van der Waals surface area contributed by atoms with E-state index < -0.39 is 0 Å². The third-order valence-corrected chi connectivity index (χ3v) is 2.40. The van der Waals surface area contributed by atoms with Gasteiger partial charge in [0.2, 0.25) is 0 Å². The van der Waals surface area contributed by atoms with Crippen LogP contribution >= 0.6 is 28.1 Å². The van der Waals surface area contributed by atoms with Gasteiger partial charge in [-0.15, -0.1) is 0 Å². The first-order valence-electron chi connectivity index (χ1n) is 4.75. The topological polar surface area (TPSA) is 52.1 Å². The third-order valence-electron chi connectivity index (χ3n) is 1.70. The highest BCUT2D eigenvalue weighted by molar-refractivity contribution is 9.10. The fraction of sp³-hybridized carbons (Fsp3) is 0.400. The summed E-state index contributed by atoms with van der Waals surface area (Å²) in [4.78, 5) is 19.9. The maximum Gasteiger partial charge on any atom is 0.310 e. The summed E-state index contributed by atoms with van der Waals surface area (Å²) in [5.74, 6) is -0.294. The fourth-order valence-corrected chi connectivity index (χ4v) is 1.54. The van der Waals surface area contributed by atoms with Crippen LogP contribution in [-0.2, 0) is 16.0 Å². The van der Waals surface area contributed by atoms with E-state index in [0.717, 1.165) is 5.69 Å². The predicted molar refractivity (Wildman–Crippen MR) is 67.3 cm³/mol. The molecule has 0 amide bonds. The average molecular weight is 303 g/mol. The standard InChI is InChI=1S/C10H11BrN2O2S/c1-2-15-10(14)4-8(16)3-7-5-13-9(11)6-12-7/h5-6H,2-4H2,1H3. The Morgan fingerprint density at radius 2 is 2.25 bits per heavy atom. The Morgan fingerprint density at radius 3 is 2.81 bits per heavy atom. The van der Waals surface area contributed by atoms with Crippen molar-refractivity contribution in [3.63, 3.8) is 0 Å². The van der Waals surface area contributed by atoms with Crippen LogP contribution in [0, 0.1) is 0 Å². The van der Waals surface area contributed by atoms with E-state index in [0.29, 0.717) is 22.5 Å². The number of carbonyl (C=O) groups excluding carboxylic acids is 1. The molecule has 0 aliphatic carbocycles. The molecule has 0 saturated heterocycles. The van der Waals surface area contributed by atoms with E-state index in [4.69, 9.17) is 17.0 Å². The SMILES string of the molecule is CCOC(=O)CC(=S)Cc1cnc(Br)cn1. The van der Waals surface area contributed by atoms with Crippen molar-refractivity contribution in [2.24, 2.45) is 0 Å². The molecule has 4 nitrogen and oxygen atoms in total. The van der Waals surface area contributed by atoms with Gasteiger partial charge in [0.25, 0.3) is 0 Å². The summed E-state index contributed by atoms with van der Waals surface area (Å²) in [6, 6.07) is 0. The Hall–Kier alpha value is -0.880. The molecule has 0 unspecified atom stereocenters. The Labute approximate surface area is 108 Å². The molecule has 1 aromatic heterocycles. The molecule has 0 fully saturated rings. The molecule has 0 atom stereocenters. The molecule has 0 bridgehead atoms. The quantitative estimate of drug-likeness (QED) is 0.616. The van der Waals surface area contributed by atoms with E-state index in [2.05, 4.69) is 25.9 Å². The number of nitrogens with zero attached hydrogens (tertiary/aromatic N) is 2. The van der Waals surface area contributed by atoms with Gasteiger partial charge in [-0.2, -0.15) is 0 Å². The van der Waals surface area contributed by atoms with Crippen LogP contribution in [0.15, 0.2) is 17.0 Å². The molecular weight excluding hydrogens is 292 g/mol. The molecule has 0 aliphatic rings. The van der Waals surface area contributed by atoms with Gasteiger partial charge in [0.15, 0.2) is 0 Å². The number of hydrogen-bond donors (Lipinski definition) is 0. The molecular formula is C10H11BrN2O2S. The number of hydrogen-bond acceptors (Lipinski definition) is 5. The molecule has 6 heteroatoms. The molecule has 1 aromatic rings. The summed E-state index contributed by atoms with van der Waals surface area (Å²) in [5, 5.41) is 0. The van der Waals surface area contributed by atoms with Gasteiger partial charge >= 0.3 is 5.97 Å². The van der Waals surface area contributed by atoms with Crippen LogP contribution < -0.4 is 0 Å². The Bertz CT molecular complexity index is 381. The summed E-state index contributed by atoms with van der Waals surface area (Å²) in [7, 11) is 0. The number of aromatic nitrogens is 2. The third kappa shape index (κ3) is 4.76. The molecule has 0 aromatic carbocycles. The highest BCUT2D eigenvalue weighted by Crippen LogP contribution is 2.05. The highest BCUT2D eigenvalue weighted by Gasteiger charge is 2.08. The van der Waals surface area contributed by atoms with Gasteiger partial charge in [0.05, 0.1) is 31.1 Å². The second kappa shape index (κ2) is 6.65. The predicted octanol–water partition coefficient (Wildman–Crippen LogP) is 2.10. The van der Waals surface area contributed by atoms with Gasteiger partial charge in [0.1, 0.15) is 4.60 Å². The number of rotatable bonds is 5. The first-order chi connectivity index (χ1) is 7.61.